The summed E-state index contributed by atoms with van der Waals surface area (Å²) in [6, 6.07) is -0.0735. The van der Waals surface area contributed by atoms with Gasteiger partial charge in [0.2, 0.25) is 0 Å². The van der Waals surface area contributed by atoms with Gasteiger partial charge >= 0.3 is 6.03 Å². The molecule has 2 aliphatic heterocycles. The average Bonchev–Trinajstić information content (AvgIpc) is 2.34. The quantitative estimate of drug-likeness (QED) is 0.443. The number of quaternary nitrogens is 1. The van der Waals surface area contributed by atoms with E-state index in [9.17, 15) is 4.79 Å². The Morgan fingerprint density at radius 3 is 3.20 bits per heavy atom. The predicted octanol–water partition coefficient (Wildman–Crippen LogP) is -0.618. The highest BCUT2D eigenvalue weighted by Gasteiger charge is 2.27. The molecule has 2 rings (SSSR count). The molecule has 0 unspecified atom stereocenters. The Kier molecular flexibility index (Phi) is 0.956. The summed E-state index contributed by atoms with van der Waals surface area (Å²) in [6.45, 7) is 0. The molecule has 2 amide bonds. The summed E-state index contributed by atoms with van der Waals surface area (Å²) in [6.07, 6.45) is 7.14. The lowest BCUT2D eigenvalue weighted by Gasteiger charge is -2.06. The van der Waals surface area contributed by atoms with Crippen LogP contribution < -0.4 is 5.43 Å². The smallest absolute Gasteiger partial charge is 0.214 e. The third-order valence-corrected chi connectivity index (χ3v) is 1.38. The van der Waals surface area contributed by atoms with Crippen LogP contribution in [0.1, 0.15) is 0 Å². The van der Waals surface area contributed by atoms with E-state index in [0.717, 1.165) is 0 Å². The molecule has 2 heterocycles. The van der Waals surface area contributed by atoms with E-state index in [1.165, 1.54) is 10.3 Å². The van der Waals surface area contributed by atoms with Crippen LogP contribution in [0, 0.1) is 0 Å². The van der Waals surface area contributed by atoms with Gasteiger partial charge < -0.3 is 0 Å². The Morgan fingerprint density at radius 2 is 2.40 bits per heavy atom. The SMILES string of the molecule is O=C1[NH2+]N=C2C=CC=CN12. The fraction of sp³-hybridized carbons (Fsp3) is 0. The molecule has 0 aliphatic carbocycles. The lowest BCUT2D eigenvalue weighted by Crippen LogP contribution is -2.81. The number of nitrogens with two attached hydrogens (primary N) is 1. The standard InChI is InChI=1S/C6H5N3O/c10-6-8-7-5-3-1-2-4-9(5)6/h1-4H,(H,8,10)/p+1. The number of carbonyl (C=O) groups is 1. The van der Waals surface area contributed by atoms with Crippen molar-refractivity contribution in [1.82, 2.24) is 4.90 Å². The number of amides is 2. The Hall–Kier alpha value is -1.42. The summed E-state index contributed by atoms with van der Waals surface area (Å²) in [5.74, 6) is 0.701. The van der Waals surface area contributed by atoms with E-state index in [1.54, 1.807) is 18.4 Å². The van der Waals surface area contributed by atoms with Crippen molar-refractivity contribution in [1.29, 1.82) is 0 Å². The Bertz CT molecular complexity index is 264. The van der Waals surface area contributed by atoms with Crippen molar-refractivity contribution in [3.63, 3.8) is 0 Å². The Labute approximate surface area is 57.5 Å². The van der Waals surface area contributed by atoms with Crippen LogP contribution in [0.25, 0.3) is 0 Å². The van der Waals surface area contributed by atoms with Gasteiger partial charge in [0, 0.05) is 6.20 Å². The van der Waals surface area contributed by atoms with E-state index in [2.05, 4.69) is 5.10 Å². The molecule has 50 valence electrons. The van der Waals surface area contributed by atoms with Crippen LogP contribution in [0.5, 0.6) is 0 Å². The molecule has 10 heavy (non-hydrogen) atoms. The monoisotopic (exact) mass is 136 g/mol. The highest BCUT2D eigenvalue weighted by molar-refractivity contribution is 6.05. The van der Waals surface area contributed by atoms with Gasteiger partial charge in [0.05, 0.1) is 0 Å². The van der Waals surface area contributed by atoms with E-state index in [-0.39, 0.29) is 6.03 Å². The zero-order chi connectivity index (χ0) is 6.97. The first-order chi connectivity index (χ1) is 4.88. The summed E-state index contributed by atoms with van der Waals surface area (Å²) >= 11 is 0. The molecule has 0 aromatic heterocycles. The lowest BCUT2D eigenvalue weighted by molar-refractivity contribution is -0.557. The first-order valence-electron chi connectivity index (χ1n) is 2.97. The van der Waals surface area contributed by atoms with Crippen molar-refractivity contribution in [3.8, 4) is 0 Å². The molecule has 0 saturated heterocycles. The number of rotatable bonds is 0. The van der Waals surface area contributed by atoms with Gasteiger partial charge in [0.15, 0.2) is 5.84 Å². The van der Waals surface area contributed by atoms with Crippen molar-refractivity contribution in [2.45, 2.75) is 0 Å². The third-order valence-electron chi connectivity index (χ3n) is 1.38. The van der Waals surface area contributed by atoms with Crippen LogP contribution in [0.3, 0.4) is 0 Å². The minimum Gasteiger partial charge on any atom is -0.214 e. The molecule has 2 N–H and O–H groups in total. The minimum atomic E-state index is -0.0735. The van der Waals surface area contributed by atoms with Gasteiger partial charge in [-0.2, -0.15) is 0 Å². The molecule has 0 saturated carbocycles. The largest absolute Gasteiger partial charge is 0.452 e. The van der Waals surface area contributed by atoms with Crippen molar-refractivity contribution in [2.75, 3.05) is 0 Å². The van der Waals surface area contributed by atoms with E-state index in [0.29, 0.717) is 5.84 Å². The molecule has 2 aliphatic rings. The van der Waals surface area contributed by atoms with Crippen LogP contribution in [0.15, 0.2) is 29.5 Å². The van der Waals surface area contributed by atoms with E-state index < -0.39 is 0 Å². The molecule has 4 heteroatoms. The van der Waals surface area contributed by atoms with Crippen LogP contribution in [0.2, 0.25) is 0 Å². The molecule has 0 aromatic carbocycles. The maximum Gasteiger partial charge on any atom is 0.452 e. The van der Waals surface area contributed by atoms with Crippen molar-refractivity contribution in [3.05, 3.63) is 24.4 Å². The van der Waals surface area contributed by atoms with Crippen molar-refractivity contribution >= 4 is 11.9 Å². The van der Waals surface area contributed by atoms with Crippen LogP contribution >= 0.6 is 0 Å². The summed E-state index contributed by atoms with van der Waals surface area (Å²) in [5.41, 5.74) is 1.31. The molecule has 0 radical (unpaired) electrons. The van der Waals surface area contributed by atoms with Gasteiger partial charge in [-0.3, -0.25) is 0 Å². The maximum atomic E-state index is 10.9. The number of urea groups is 1. The van der Waals surface area contributed by atoms with Gasteiger partial charge in [0.1, 0.15) is 0 Å². The van der Waals surface area contributed by atoms with Gasteiger partial charge in [-0.15, -0.1) is 5.43 Å². The van der Waals surface area contributed by atoms with Crippen LogP contribution in [-0.2, 0) is 0 Å². The van der Waals surface area contributed by atoms with Crippen LogP contribution in [0.4, 0.5) is 4.79 Å². The summed E-state index contributed by atoms with van der Waals surface area (Å²) in [4.78, 5) is 12.4. The van der Waals surface area contributed by atoms with E-state index in [4.69, 9.17) is 0 Å². The molecule has 0 spiro atoms. The number of allylic oxidation sites excluding steroid dienone is 2. The third kappa shape index (κ3) is 0.593. The fourth-order valence-electron chi connectivity index (χ4n) is 0.909. The number of amidine groups is 1. The topological polar surface area (TPSA) is 49.3 Å². The van der Waals surface area contributed by atoms with Gasteiger partial charge in [0.25, 0.3) is 0 Å². The summed E-state index contributed by atoms with van der Waals surface area (Å²) in [5, 5.41) is 3.87. The van der Waals surface area contributed by atoms with Gasteiger partial charge in [-0.1, -0.05) is 11.2 Å². The number of carbonyl (C=O) groups excluding carboxylic acids is 1. The van der Waals surface area contributed by atoms with E-state index >= 15 is 0 Å². The number of fused-ring (bicyclic) bond motifs is 1. The zero-order valence-electron chi connectivity index (χ0n) is 5.19. The first kappa shape index (κ1) is 5.37. The van der Waals surface area contributed by atoms with Crippen LogP contribution in [-0.4, -0.2) is 16.8 Å². The summed E-state index contributed by atoms with van der Waals surface area (Å²) < 4.78 is 0. The number of nitrogens with zero attached hydrogens (tertiary/aromatic N) is 2. The number of hydrogen-bond donors (Lipinski definition) is 1. The molecule has 0 bridgehead atoms. The number of hydrogen-bond acceptors (Lipinski definition) is 2. The molecule has 0 aromatic rings. The molecular formula is C6H6N3O+. The second kappa shape index (κ2) is 1.78. The van der Waals surface area contributed by atoms with Gasteiger partial charge in [-0.05, 0) is 12.2 Å². The molecule has 0 fully saturated rings. The average molecular weight is 136 g/mol. The van der Waals surface area contributed by atoms with E-state index in [1.807, 2.05) is 6.08 Å². The van der Waals surface area contributed by atoms with Crippen molar-refractivity contribution in [2.24, 2.45) is 5.10 Å². The Morgan fingerprint density at radius 1 is 1.50 bits per heavy atom. The van der Waals surface area contributed by atoms with Crippen molar-refractivity contribution < 1.29 is 10.2 Å². The molecule has 0 atom stereocenters. The summed E-state index contributed by atoms with van der Waals surface area (Å²) in [7, 11) is 0. The maximum absolute atomic E-state index is 10.9. The van der Waals surface area contributed by atoms with Gasteiger partial charge in [-0.25, -0.2) is 9.69 Å². The normalized spacial score (nSPS) is 21.4. The second-order valence-corrected chi connectivity index (χ2v) is 2.03. The highest BCUT2D eigenvalue weighted by atomic mass is 16.2. The Balaban J connectivity index is 2.39. The fourth-order valence-corrected chi connectivity index (χ4v) is 0.909. The lowest BCUT2D eigenvalue weighted by atomic mass is 10.3. The zero-order valence-corrected chi connectivity index (χ0v) is 5.19. The predicted molar refractivity (Wildman–Crippen MR) is 34.9 cm³/mol. The highest BCUT2D eigenvalue weighted by Crippen LogP contribution is 2.02. The first-order valence-corrected chi connectivity index (χ1v) is 2.97. The molecular weight excluding hydrogens is 130 g/mol. The minimum absolute atomic E-state index is 0.0735. The second-order valence-electron chi connectivity index (χ2n) is 2.03. The molecule has 4 nitrogen and oxygen atoms in total. The number of primary amides is 1.